The first-order chi connectivity index (χ1) is 7.58. The second-order valence-electron chi connectivity index (χ2n) is 3.57. The van der Waals surface area contributed by atoms with E-state index >= 15 is 0 Å². The minimum absolute atomic E-state index is 0.0251. The Morgan fingerprint density at radius 1 is 1.50 bits per heavy atom. The van der Waals surface area contributed by atoms with Crippen molar-refractivity contribution in [2.75, 3.05) is 6.61 Å². The Balaban J connectivity index is 2.19. The molecule has 86 valence electrons. The highest BCUT2D eigenvalue weighted by Crippen LogP contribution is 2.32. The molecule has 1 aromatic rings. The van der Waals surface area contributed by atoms with Crippen LogP contribution >= 0.6 is 0 Å². The number of hydrogen-bond donors (Lipinski definition) is 0. The summed E-state index contributed by atoms with van der Waals surface area (Å²) in [6.07, 6.45) is -0.336. The first-order valence-electron chi connectivity index (χ1n) is 4.80. The van der Waals surface area contributed by atoms with E-state index in [1.54, 1.807) is 0 Å². The van der Waals surface area contributed by atoms with E-state index in [4.69, 9.17) is 4.74 Å². The molecule has 1 fully saturated rings. The lowest BCUT2D eigenvalue weighted by Crippen LogP contribution is -2.03. The first kappa shape index (κ1) is 11.0. The summed E-state index contributed by atoms with van der Waals surface area (Å²) in [4.78, 5) is 10.5. The Morgan fingerprint density at radius 3 is 2.75 bits per heavy atom. The molecule has 1 saturated heterocycles. The van der Waals surface area contributed by atoms with Gasteiger partial charge in [0.2, 0.25) is 0 Å². The van der Waals surface area contributed by atoms with E-state index in [9.17, 15) is 13.6 Å². The highest BCUT2D eigenvalue weighted by molar-refractivity contribution is 5.65. The summed E-state index contributed by atoms with van der Waals surface area (Å²) in [7, 11) is 0. The maximum atomic E-state index is 13.5. The van der Waals surface area contributed by atoms with Crippen molar-refractivity contribution >= 4 is 5.97 Å². The fraction of sp³-hybridized carbons (Fsp3) is 0.364. The maximum Gasteiger partial charge on any atom is 0.302 e. The highest BCUT2D eigenvalue weighted by atomic mass is 19.1. The van der Waals surface area contributed by atoms with Crippen molar-refractivity contribution in [3.8, 4) is 0 Å². The molecule has 1 atom stereocenters. The minimum atomic E-state index is -0.590. The third-order valence-corrected chi connectivity index (χ3v) is 2.28. The summed E-state index contributed by atoms with van der Waals surface area (Å²) in [6, 6.07) is 2.13. The molecule has 1 aromatic carbocycles. The van der Waals surface area contributed by atoms with E-state index in [2.05, 4.69) is 4.74 Å². The number of esters is 1. The lowest BCUT2D eigenvalue weighted by Gasteiger charge is -2.06. The monoisotopic (exact) mass is 228 g/mol. The van der Waals surface area contributed by atoms with Crippen LogP contribution in [0.15, 0.2) is 12.1 Å². The van der Waals surface area contributed by atoms with Crippen molar-refractivity contribution < 1.29 is 23.0 Å². The van der Waals surface area contributed by atoms with Crippen LogP contribution in [-0.2, 0) is 20.9 Å². The van der Waals surface area contributed by atoms with Gasteiger partial charge in [-0.1, -0.05) is 0 Å². The SMILES string of the molecule is CC(=O)OCc1cc(F)c(C2CO2)cc1F. The van der Waals surface area contributed by atoms with Gasteiger partial charge in [0.1, 0.15) is 24.3 Å². The van der Waals surface area contributed by atoms with Crippen molar-refractivity contribution in [3.63, 3.8) is 0 Å². The molecule has 3 nitrogen and oxygen atoms in total. The van der Waals surface area contributed by atoms with Gasteiger partial charge in [0.15, 0.2) is 0 Å². The number of carbonyl (C=O) groups excluding carboxylic acids is 1. The molecule has 0 aliphatic carbocycles. The first-order valence-corrected chi connectivity index (χ1v) is 4.80. The molecule has 0 saturated carbocycles. The number of carbonyl (C=O) groups is 1. The van der Waals surface area contributed by atoms with Crippen molar-refractivity contribution in [3.05, 3.63) is 34.9 Å². The summed E-state index contributed by atoms with van der Waals surface area (Å²) in [6.45, 7) is 1.37. The third kappa shape index (κ3) is 2.36. The van der Waals surface area contributed by atoms with Crippen LogP contribution in [0.1, 0.15) is 24.2 Å². The highest BCUT2D eigenvalue weighted by Gasteiger charge is 2.29. The van der Waals surface area contributed by atoms with Crippen molar-refractivity contribution in [1.29, 1.82) is 0 Å². The molecule has 0 bridgehead atoms. The predicted molar refractivity (Wildman–Crippen MR) is 50.5 cm³/mol. The standard InChI is InChI=1S/C11H10F2O3/c1-6(14)15-4-7-2-10(13)8(3-9(7)12)11-5-16-11/h2-3,11H,4-5H2,1H3. The van der Waals surface area contributed by atoms with Gasteiger partial charge < -0.3 is 9.47 Å². The number of halogens is 2. The van der Waals surface area contributed by atoms with Gasteiger partial charge in [-0.3, -0.25) is 4.79 Å². The third-order valence-electron chi connectivity index (χ3n) is 2.28. The van der Waals surface area contributed by atoms with Crippen LogP contribution in [0.5, 0.6) is 0 Å². The molecule has 0 N–H and O–H groups in total. The molecule has 1 aliphatic rings. The largest absolute Gasteiger partial charge is 0.461 e. The molecule has 0 spiro atoms. The zero-order valence-corrected chi connectivity index (χ0v) is 8.63. The van der Waals surface area contributed by atoms with Crippen molar-refractivity contribution in [1.82, 2.24) is 0 Å². The van der Waals surface area contributed by atoms with Gasteiger partial charge in [-0.2, -0.15) is 0 Å². The van der Waals surface area contributed by atoms with E-state index in [1.807, 2.05) is 0 Å². The number of benzene rings is 1. The predicted octanol–water partition coefficient (Wildman–Crippen LogP) is 2.10. The Labute approximate surface area is 91.0 Å². The van der Waals surface area contributed by atoms with Gasteiger partial charge >= 0.3 is 5.97 Å². The number of epoxide rings is 1. The van der Waals surface area contributed by atoms with E-state index in [0.717, 1.165) is 12.1 Å². The summed E-state index contributed by atoms with van der Waals surface area (Å²) in [5, 5.41) is 0. The van der Waals surface area contributed by atoms with Gasteiger partial charge in [0.25, 0.3) is 0 Å². The summed E-state index contributed by atoms with van der Waals surface area (Å²) >= 11 is 0. The molecule has 1 unspecified atom stereocenters. The Kier molecular flexibility index (Phi) is 2.87. The maximum absolute atomic E-state index is 13.5. The van der Waals surface area contributed by atoms with E-state index < -0.39 is 17.6 Å². The smallest absolute Gasteiger partial charge is 0.302 e. The summed E-state index contributed by atoms with van der Waals surface area (Å²) in [5.74, 6) is -1.66. The van der Waals surface area contributed by atoms with Crippen molar-refractivity contribution in [2.45, 2.75) is 19.6 Å². The average molecular weight is 228 g/mol. The quantitative estimate of drug-likeness (QED) is 0.587. The molecule has 2 rings (SSSR count). The van der Waals surface area contributed by atoms with Crippen LogP contribution in [-0.4, -0.2) is 12.6 Å². The molecule has 1 heterocycles. The van der Waals surface area contributed by atoms with Crippen LogP contribution in [0.4, 0.5) is 8.78 Å². The van der Waals surface area contributed by atoms with Crippen molar-refractivity contribution in [2.24, 2.45) is 0 Å². The lowest BCUT2D eigenvalue weighted by molar-refractivity contribution is -0.142. The second kappa shape index (κ2) is 4.17. The van der Waals surface area contributed by atoms with Crippen LogP contribution in [0.2, 0.25) is 0 Å². The summed E-state index contributed by atoms with van der Waals surface area (Å²) in [5.41, 5.74) is 0.237. The van der Waals surface area contributed by atoms with Gasteiger partial charge in [-0.25, -0.2) is 8.78 Å². The number of rotatable bonds is 3. The molecule has 5 heteroatoms. The molecule has 1 aliphatic heterocycles. The molecule has 0 amide bonds. The Hall–Kier alpha value is -1.49. The Morgan fingerprint density at radius 2 is 2.19 bits per heavy atom. The van der Waals surface area contributed by atoms with E-state index in [0.29, 0.717) is 6.61 Å². The molecule has 16 heavy (non-hydrogen) atoms. The van der Waals surface area contributed by atoms with Crippen LogP contribution in [0, 0.1) is 11.6 Å². The number of ether oxygens (including phenoxy) is 2. The van der Waals surface area contributed by atoms with E-state index in [1.165, 1.54) is 6.92 Å². The second-order valence-corrected chi connectivity index (χ2v) is 3.57. The fourth-order valence-electron chi connectivity index (χ4n) is 1.37. The molecule has 0 radical (unpaired) electrons. The topological polar surface area (TPSA) is 38.8 Å². The van der Waals surface area contributed by atoms with Crippen LogP contribution in [0.25, 0.3) is 0 Å². The normalized spacial score (nSPS) is 18.3. The van der Waals surface area contributed by atoms with Gasteiger partial charge in [0, 0.05) is 18.1 Å². The average Bonchev–Trinajstić information content (AvgIpc) is 3.02. The lowest BCUT2D eigenvalue weighted by atomic mass is 10.1. The van der Waals surface area contributed by atoms with Crippen LogP contribution in [0.3, 0.4) is 0 Å². The molecular formula is C11H10F2O3. The molecular weight excluding hydrogens is 218 g/mol. The zero-order valence-electron chi connectivity index (χ0n) is 8.63. The van der Waals surface area contributed by atoms with E-state index in [-0.39, 0.29) is 23.8 Å². The zero-order chi connectivity index (χ0) is 11.7. The van der Waals surface area contributed by atoms with Gasteiger partial charge in [-0.05, 0) is 12.1 Å². The number of hydrogen-bond acceptors (Lipinski definition) is 3. The Bertz CT molecular complexity index is 427. The van der Waals surface area contributed by atoms with Gasteiger partial charge in [0.05, 0.1) is 6.61 Å². The minimum Gasteiger partial charge on any atom is -0.461 e. The van der Waals surface area contributed by atoms with Crippen LogP contribution < -0.4 is 0 Å². The summed E-state index contributed by atoms with van der Waals surface area (Å²) < 4.78 is 36.4. The fourth-order valence-corrected chi connectivity index (χ4v) is 1.37. The molecule has 0 aromatic heterocycles. The van der Waals surface area contributed by atoms with Gasteiger partial charge in [-0.15, -0.1) is 0 Å².